The van der Waals surface area contributed by atoms with Crippen LogP contribution in [-0.4, -0.2) is 66.2 Å². The van der Waals surface area contributed by atoms with Gasteiger partial charge in [-0.1, -0.05) is 19.9 Å². The van der Waals surface area contributed by atoms with E-state index in [1.54, 1.807) is 0 Å². The Morgan fingerprint density at radius 1 is 1.12 bits per heavy atom. The Labute approximate surface area is 198 Å². The molecule has 0 atom stereocenters. The van der Waals surface area contributed by atoms with Crippen molar-refractivity contribution in [2.24, 2.45) is 5.92 Å². The second-order valence-electron chi connectivity index (χ2n) is 10.4. The Morgan fingerprint density at radius 3 is 2.53 bits per heavy atom. The molecule has 7 heteroatoms. The number of anilines is 1. The number of benzene rings is 1. The first-order chi connectivity index (χ1) is 14.7. The fourth-order valence-corrected chi connectivity index (χ4v) is 5.94. The molecule has 1 aromatic carbocycles. The van der Waals surface area contributed by atoms with E-state index in [1.165, 1.54) is 11.1 Å². The van der Waals surface area contributed by atoms with Crippen LogP contribution in [0.1, 0.15) is 63.5 Å². The molecule has 32 heavy (non-hydrogen) atoms. The monoisotopic (exact) mass is 463 g/mol. The van der Waals surface area contributed by atoms with E-state index in [2.05, 4.69) is 48.9 Å². The lowest BCUT2D eigenvalue weighted by atomic mass is 9.81. The zero-order chi connectivity index (χ0) is 22.2. The summed E-state index contributed by atoms with van der Waals surface area (Å²) in [5.74, 6) is -0.214. The van der Waals surface area contributed by atoms with E-state index in [0.717, 1.165) is 70.4 Å². The normalized spacial score (nSPS) is 25.8. The van der Waals surface area contributed by atoms with Crippen LogP contribution in [0.25, 0.3) is 0 Å². The van der Waals surface area contributed by atoms with Crippen molar-refractivity contribution in [1.29, 1.82) is 0 Å². The van der Waals surface area contributed by atoms with Gasteiger partial charge in [0.15, 0.2) is 0 Å². The molecule has 2 aliphatic heterocycles. The summed E-state index contributed by atoms with van der Waals surface area (Å²) in [5.41, 5.74) is 3.87. The van der Waals surface area contributed by atoms with Crippen LogP contribution < -0.4 is 4.90 Å². The molecule has 1 aliphatic carbocycles. The van der Waals surface area contributed by atoms with Crippen molar-refractivity contribution in [2.75, 3.05) is 38.1 Å². The highest BCUT2D eigenvalue weighted by Gasteiger charge is 2.37. The standard InChI is InChI=1S/C25H37N3O3.ClH/c1-25(2)17-26(3)13-12-19-7-10-21(16-22(19)25)28-15-14-27(24(28)31)20-8-4-18(5-9-20)6-11-23(29)30;/h7,10,16,18,20H,4-6,8-9,11-15,17H2,1-3H3,(H,29,30);1H. The summed E-state index contributed by atoms with van der Waals surface area (Å²) in [5, 5.41) is 8.91. The molecule has 2 amide bonds. The smallest absolute Gasteiger partial charge is 0.324 e. The van der Waals surface area contributed by atoms with Crippen LogP contribution in [0.5, 0.6) is 0 Å². The summed E-state index contributed by atoms with van der Waals surface area (Å²) in [6.45, 7) is 8.23. The third-order valence-electron chi connectivity index (χ3n) is 7.63. The second-order valence-corrected chi connectivity index (χ2v) is 10.4. The average molecular weight is 464 g/mol. The van der Waals surface area contributed by atoms with E-state index in [1.807, 2.05) is 4.90 Å². The van der Waals surface area contributed by atoms with Crippen molar-refractivity contribution in [3.05, 3.63) is 29.3 Å². The molecule has 4 rings (SSSR count). The highest BCUT2D eigenvalue weighted by Crippen LogP contribution is 2.36. The molecule has 0 bridgehead atoms. The Bertz CT molecular complexity index is 836. The number of aliphatic carboxylic acids is 1. The van der Waals surface area contributed by atoms with E-state index in [4.69, 9.17) is 5.11 Å². The molecule has 1 aromatic rings. The van der Waals surface area contributed by atoms with Gasteiger partial charge in [-0.15, -0.1) is 12.4 Å². The maximum absolute atomic E-state index is 13.3. The van der Waals surface area contributed by atoms with Crippen molar-refractivity contribution in [3.8, 4) is 0 Å². The van der Waals surface area contributed by atoms with E-state index >= 15 is 0 Å². The summed E-state index contributed by atoms with van der Waals surface area (Å²) < 4.78 is 0. The molecular formula is C25H38ClN3O3. The topological polar surface area (TPSA) is 64.1 Å². The van der Waals surface area contributed by atoms with Gasteiger partial charge in [0.05, 0.1) is 0 Å². The Hall–Kier alpha value is -1.79. The summed E-state index contributed by atoms with van der Waals surface area (Å²) >= 11 is 0. The average Bonchev–Trinajstić information content (AvgIpc) is 3.06. The molecule has 0 spiro atoms. The first kappa shape index (κ1) is 24.8. The van der Waals surface area contributed by atoms with Gasteiger partial charge in [-0.3, -0.25) is 9.69 Å². The molecule has 3 aliphatic rings. The lowest BCUT2D eigenvalue weighted by Gasteiger charge is -2.34. The first-order valence-corrected chi connectivity index (χ1v) is 11.9. The number of carboxylic acid groups (broad SMARTS) is 1. The molecule has 0 aromatic heterocycles. The number of fused-ring (bicyclic) bond motifs is 1. The number of carboxylic acids is 1. The molecule has 6 nitrogen and oxygen atoms in total. The Balaban J connectivity index is 0.00000289. The van der Waals surface area contributed by atoms with E-state index in [9.17, 15) is 9.59 Å². The first-order valence-electron chi connectivity index (χ1n) is 11.9. The van der Waals surface area contributed by atoms with Crippen LogP contribution in [-0.2, 0) is 16.6 Å². The van der Waals surface area contributed by atoms with Crippen molar-refractivity contribution in [1.82, 2.24) is 9.80 Å². The molecular weight excluding hydrogens is 426 g/mol. The minimum absolute atomic E-state index is 0. The van der Waals surface area contributed by atoms with Gasteiger partial charge in [-0.2, -0.15) is 0 Å². The number of amides is 2. The molecule has 178 valence electrons. The van der Waals surface area contributed by atoms with E-state index in [0.29, 0.717) is 12.0 Å². The number of nitrogens with zero attached hydrogens (tertiary/aromatic N) is 3. The quantitative estimate of drug-likeness (QED) is 0.696. The molecule has 0 radical (unpaired) electrons. The third-order valence-corrected chi connectivity index (χ3v) is 7.63. The van der Waals surface area contributed by atoms with Crippen LogP contribution in [0, 0.1) is 5.92 Å². The largest absolute Gasteiger partial charge is 0.481 e. The fourth-order valence-electron chi connectivity index (χ4n) is 5.94. The van der Waals surface area contributed by atoms with Gasteiger partial charge in [0.25, 0.3) is 0 Å². The van der Waals surface area contributed by atoms with Gasteiger partial charge in [0, 0.05) is 49.7 Å². The van der Waals surface area contributed by atoms with Crippen LogP contribution in [0.15, 0.2) is 18.2 Å². The number of likely N-dealkylation sites (N-methyl/N-ethyl adjacent to an activating group) is 1. The molecule has 2 heterocycles. The molecule has 1 N–H and O–H groups in total. The van der Waals surface area contributed by atoms with Crippen LogP contribution in [0.3, 0.4) is 0 Å². The second kappa shape index (κ2) is 10.0. The predicted octanol–water partition coefficient (Wildman–Crippen LogP) is 4.54. The summed E-state index contributed by atoms with van der Waals surface area (Å²) in [7, 11) is 2.19. The molecule has 0 unspecified atom stereocenters. The minimum atomic E-state index is -0.705. The molecule has 2 fully saturated rings. The van der Waals surface area contributed by atoms with Crippen LogP contribution in [0.2, 0.25) is 0 Å². The number of carbonyl (C=O) groups excluding carboxylic acids is 1. The zero-order valence-corrected chi connectivity index (χ0v) is 20.5. The Kier molecular flexibility index (Phi) is 7.77. The number of rotatable bonds is 5. The number of carbonyl (C=O) groups is 2. The van der Waals surface area contributed by atoms with Crippen molar-refractivity contribution < 1.29 is 14.7 Å². The molecule has 1 saturated carbocycles. The van der Waals surface area contributed by atoms with Crippen LogP contribution in [0.4, 0.5) is 10.5 Å². The van der Waals surface area contributed by atoms with Gasteiger partial charge in [-0.25, -0.2) is 4.79 Å². The lowest BCUT2D eigenvalue weighted by Crippen LogP contribution is -2.41. The number of hydrogen-bond acceptors (Lipinski definition) is 3. The van der Waals surface area contributed by atoms with E-state index in [-0.39, 0.29) is 30.3 Å². The van der Waals surface area contributed by atoms with E-state index < -0.39 is 5.97 Å². The number of urea groups is 1. The van der Waals surface area contributed by atoms with Gasteiger partial charge in [0.2, 0.25) is 0 Å². The summed E-state index contributed by atoms with van der Waals surface area (Å²) in [6.07, 6.45) is 6.13. The maximum atomic E-state index is 13.3. The van der Waals surface area contributed by atoms with Gasteiger partial charge in [-0.05, 0) is 74.8 Å². The number of halogens is 1. The zero-order valence-electron chi connectivity index (χ0n) is 19.7. The number of hydrogen-bond donors (Lipinski definition) is 1. The van der Waals surface area contributed by atoms with Crippen molar-refractivity contribution >= 4 is 30.1 Å². The molecule has 1 saturated heterocycles. The van der Waals surface area contributed by atoms with Crippen molar-refractivity contribution in [2.45, 2.75) is 70.3 Å². The SMILES string of the molecule is CN1CCc2ccc(N3CCN(C4CCC(CCC(=O)O)CC4)C3=O)cc2C(C)(C)C1.Cl. The Morgan fingerprint density at radius 2 is 1.84 bits per heavy atom. The van der Waals surface area contributed by atoms with Gasteiger partial charge in [0.1, 0.15) is 0 Å². The fraction of sp³-hybridized carbons (Fsp3) is 0.680. The third kappa shape index (κ3) is 5.23. The lowest BCUT2D eigenvalue weighted by molar-refractivity contribution is -0.137. The highest BCUT2D eigenvalue weighted by atomic mass is 35.5. The van der Waals surface area contributed by atoms with Gasteiger partial charge >= 0.3 is 12.0 Å². The van der Waals surface area contributed by atoms with Crippen LogP contribution >= 0.6 is 12.4 Å². The summed E-state index contributed by atoms with van der Waals surface area (Å²) in [6, 6.07) is 7.06. The maximum Gasteiger partial charge on any atom is 0.324 e. The summed E-state index contributed by atoms with van der Waals surface area (Å²) in [4.78, 5) is 30.6. The highest BCUT2D eigenvalue weighted by molar-refractivity contribution is 5.94. The van der Waals surface area contributed by atoms with Crippen molar-refractivity contribution in [3.63, 3.8) is 0 Å². The van der Waals surface area contributed by atoms with Gasteiger partial charge < -0.3 is 14.9 Å². The predicted molar refractivity (Wildman–Crippen MR) is 130 cm³/mol. The minimum Gasteiger partial charge on any atom is -0.481 e.